The zero-order chi connectivity index (χ0) is 16.1. The molecule has 0 aliphatic heterocycles. The number of aliphatic hydroxyl groups excluding tert-OH is 1. The van der Waals surface area contributed by atoms with Gasteiger partial charge in [0, 0.05) is 12.1 Å². The molecule has 0 aliphatic rings. The maximum absolute atomic E-state index is 10.1. The lowest BCUT2D eigenvalue weighted by atomic mass is 9.82. The lowest BCUT2D eigenvalue weighted by Gasteiger charge is -2.34. The molecule has 3 heteroatoms. The van der Waals surface area contributed by atoms with Crippen LogP contribution in [0.2, 0.25) is 0 Å². The molecule has 0 amide bonds. The van der Waals surface area contributed by atoms with E-state index in [-0.39, 0.29) is 11.0 Å². The first-order chi connectivity index (χ1) is 9.59. The predicted octanol–water partition coefficient (Wildman–Crippen LogP) is 3.54. The molecule has 2 N–H and O–H groups in total. The highest BCUT2D eigenvalue weighted by Gasteiger charge is 2.25. The first-order valence-corrected chi connectivity index (χ1v) is 7.71. The normalized spacial score (nSPS) is 14.0. The molecule has 0 heterocycles. The van der Waals surface area contributed by atoms with E-state index in [1.54, 1.807) is 0 Å². The number of aliphatic hydroxyl groups is 1. The van der Waals surface area contributed by atoms with Crippen molar-refractivity contribution >= 4 is 0 Å². The van der Waals surface area contributed by atoms with Crippen LogP contribution in [-0.4, -0.2) is 29.9 Å². The SMILES string of the molecule is Cc1ccccc1OC[C@H](O)CNC(C)(C)CC(C)(C)C. The number of ether oxygens (including phenoxy) is 1. The minimum atomic E-state index is -0.510. The molecule has 0 fully saturated rings. The molecule has 21 heavy (non-hydrogen) atoms. The molecular weight excluding hydrogens is 262 g/mol. The van der Waals surface area contributed by atoms with Gasteiger partial charge in [0.25, 0.3) is 0 Å². The fourth-order valence-electron chi connectivity index (χ4n) is 2.75. The van der Waals surface area contributed by atoms with Crippen LogP contribution in [-0.2, 0) is 0 Å². The second-order valence-corrected chi connectivity index (χ2v) is 7.73. The van der Waals surface area contributed by atoms with Gasteiger partial charge in [-0.05, 0) is 44.2 Å². The number of hydrogen-bond acceptors (Lipinski definition) is 3. The first kappa shape index (κ1) is 18.0. The Morgan fingerprint density at radius 2 is 1.76 bits per heavy atom. The number of β-amino-alcohol motifs (C(OH)–C–C–N with tert-alkyl or cyclic N) is 1. The van der Waals surface area contributed by atoms with E-state index >= 15 is 0 Å². The van der Waals surface area contributed by atoms with Gasteiger partial charge in [-0.15, -0.1) is 0 Å². The van der Waals surface area contributed by atoms with Gasteiger partial charge in [0.1, 0.15) is 18.5 Å². The fourth-order valence-corrected chi connectivity index (χ4v) is 2.75. The quantitative estimate of drug-likeness (QED) is 0.808. The molecule has 0 saturated heterocycles. The number of aryl methyl sites for hydroxylation is 1. The van der Waals surface area contributed by atoms with Crippen molar-refractivity contribution in [2.24, 2.45) is 5.41 Å². The monoisotopic (exact) mass is 293 g/mol. The summed E-state index contributed by atoms with van der Waals surface area (Å²) in [5.74, 6) is 0.838. The summed E-state index contributed by atoms with van der Waals surface area (Å²) in [5, 5.41) is 13.5. The Morgan fingerprint density at radius 3 is 2.33 bits per heavy atom. The third-order valence-electron chi connectivity index (χ3n) is 3.31. The van der Waals surface area contributed by atoms with Crippen molar-refractivity contribution in [3.8, 4) is 5.75 Å². The molecule has 0 unspecified atom stereocenters. The Labute approximate surface area is 129 Å². The zero-order valence-electron chi connectivity index (χ0n) is 14.4. The van der Waals surface area contributed by atoms with Crippen LogP contribution < -0.4 is 10.1 Å². The molecule has 120 valence electrons. The summed E-state index contributed by atoms with van der Waals surface area (Å²) in [5.41, 5.74) is 1.35. The van der Waals surface area contributed by atoms with Gasteiger partial charge in [0.15, 0.2) is 0 Å². The van der Waals surface area contributed by atoms with Crippen LogP contribution in [0.1, 0.15) is 46.6 Å². The van der Waals surface area contributed by atoms with Crippen LogP contribution in [0.4, 0.5) is 0 Å². The molecule has 1 aromatic rings. The number of nitrogens with one attached hydrogen (secondary N) is 1. The van der Waals surface area contributed by atoms with Gasteiger partial charge in [0.05, 0.1) is 0 Å². The van der Waals surface area contributed by atoms with Crippen LogP contribution >= 0.6 is 0 Å². The standard InChI is InChI=1S/C18H31NO2/c1-14-9-7-8-10-16(14)21-12-15(20)11-19-18(5,6)13-17(2,3)4/h7-10,15,19-20H,11-13H2,1-6H3/t15-/m1/s1. The van der Waals surface area contributed by atoms with Crippen LogP contribution in [0, 0.1) is 12.3 Å². The summed E-state index contributed by atoms with van der Waals surface area (Å²) in [4.78, 5) is 0. The summed E-state index contributed by atoms with van der Waals surface area (Å²) < 4.78 is 5.67. The minimum Gasteiger partial charge on any atom is -0.491 e. The van der Waals surface area contributed by atoms with Crippen molar-refractivity contribution < 1.29 is 9.84 Å². The second-order valence-electron chi connectivity index (χ2n) is 7.73. The van der Waals surface area contributed by atoms with Gasteiger partial charge in [-0.25, -0.2) is 0 Å². The van der Waals surface area contributed by atoms with Crippen LogP contribution in [0.5, 0.6) is 5.75 Å². The summed E-state index contributed by atoms with van der Waals surface area (Å²) in [6, 6.07) is 7.86. The van der Waals surface area contributed by atoms with Gasteiger partial charge >= 0.3 is 0 Å². The van der Waals surface area contributed by atoms with Crippen molar-refractivity contribution in [2.45, 2.75) is 59.6 Å². The third-order valence-corrected chi connectivity index (χ3v) is 3.31. The predicted molar refractivity (Wildman–Crippen MR) is 88.8 cm³/mol. The maximum atomic E-state index is 10.1. The van der Waals surface area contributed by atoms with Crippen LogP contribution in [0.15, 0.2) is 24.3 Å². The first-order valence-electron chi connectivity index (χ1n) is 7.71. The highest BCUT2D eigenvalue weighted by molar-refractivity contribution is 5.31. The summed E-state index contributed by atoms with van der Waals surface area (Å²) in [6.07, 6.45) is 0.537. The third kappa shape index (κ3) is 7.49. The van der Waals surface area contributed by atoms with Crippen LogP contribution in [0.25, 0.3) is 0 Å². The lowest BCUT2D eigenvalue weighted by Crippen LogP contribution is -2.46. The maximum Gasteiger partial charge on any atom is 0.122 e. The number of hydrogen-bond donors (Lipinski definition) is 2. The van der Waals surface area contributed by atoms with E-state index in [0.29, 0.717) is 13.2 Å². The van der Waals surface area contributed by atoms with E-state index in [2.05, 4.69) is 39.9 Å². The fraction of sp³-hybridized carbons (Fsp3) is 0.667. The van der Waals surface area contributed by atoms with E-state index in [0.717, 1.165) is 17.7 Å². The summed E-state index contributed by atoms with van der Waals surface area (Å²) in [7, 11) is 0. The van der Waals surface area contributed by atoms with Crippen molar-refractivity contribution in [1.82, 2.24) is 5.32 Å². The highest BCUT2D eigenvalue weighted by Crippen LogP contribution is 2.26. The summed E-state index contributed by atoms with van der Waals surface area (Å²) in [6.45, 7) is 13.9. The number of para-hydroxylation sites is 1. The average molecular weight is 293 g/mol. The van der Waals surface area contributed by atoms with E-state index in [1.165, 1.54) is 0 Å². The number of rotatable bonds is 7. The molecule has 0 aromatic heterocycles. The average Bonchev–Trinajstić information content (AvgIpc) is 2.33. The van der Waals surface area contributed by atoms with Crippen LogP contribution in [0.3, 0.4) is 0 Å². The molecular formula is C18H31NO2. The van der Waals surface area contributed by atoms with E-state index in [1.807, 2.05) is 31.2 Å². The molecule has 1 rings (SSSR count). The van der Waals surface area contributed by atoms with Crippen molar-refractivity contribution in [2.75, 3.05) is 13.2 Å². The van der Waals surface area contributed by atoms with E-state index in [9.17, 15) is 5.11 Å². The highest BCUT2D eigenvalue weighted by atomic mass is 16.5. The Balaban J connectivity index is 2.37. The van der Waals surface area contributed by atoms with Gasteiger partial charge < -0.3 is 15.2 Å². The Kier molecular flexibility index (Phi) is 6.24. The zero-order valence-corrected chi connectivity index (χ0v) is 14.4. The smallest absolute Gasteiger partial charge is 0.122 e. The van der Waals surface area contributed by atoms with Crippen molar-refractivity contribution in [3.05, 3.63) is 29.8 Å². The number of benzene rings is 1. The molecule has 3 nitrogen and oxygen atoms in total. The minimum absolute atomic E-state index is 0.00188. The van der Waals surface area contributed by atoms with Gasteiger partial charge in [-0.3, -0.25) is 0 Å². The Hall–Kier alpha value is -1.06. The van der Waals surface area contributed by atoms with Gasteiger partial charge in [-0.2, -0.15) is 0 Å². The molecule has 1 atom stereocenters. The van der Waals surface area contributed by atoms with Crippen molar-refractivity contribution in [3.63, 3.8) is 0 Å². The Morgan fingerprint density at radius 1 is 1.14 bits per heavy atom. The Bertz CT molecular complexity index is 435. The van der Waals surface area contributed by atoms with Gasteiger partial charge in [-0.1, -0.05) is 39.0 Å². The molecule has 0 saturated carbocycles. The van der Waals surface area contributed by atoms with E-state index < -0.39 is 6.10 Å². The van der Waals surface area contributed by atoms with E-state index in [4.69, 9.17) is 4.74 Å². The topological polar surface area (TPSA) is 41.5 Å². The lowest BCUT2D eigenvalue weighted by molar-refractivity contribution is 0.0941. The molecule has 0 radical (unpaired) electrons. The second kappa shape index (κ2) is 7.28. The molecule has 0 aliphatic carbocycles. The van der Waals surface area contributed by atoms with Crippen molar-refractivity contribution in [1.29, 1.82) is 0 Å². The van der Waals surface area contributed by atoms with Gasteiger partial charge in [0.2, 0.25) is 0 Å². The summed E-state index contributed by atoms with van der Waals surface area (Å²) >= 11 is 0. The molecule has 1 aromatic carbocycles. The molecule has 0 bridgehead atoms. The molecule has 0 spiro atoms. The largest absolute Gasteiger partial charge is 0.491 e.